The number of amidine groups is 1. The van der Waals surface area contributed by atoms with E-state index in [9.17, 15) is 9.00 Å². The summed E-state index contributed by atoms with van der Waals surface area (Å²) in [5.41, 5.74) is 6.38. The number of aryl methyl sites for hydroxylation is 1. The van der Waals surface area contributed by atoms with Crippen LogP contribution < -0.4 is 15.8 Å². The first-order chi connectivity index (χ1) is 16.9. The van der Waals surface area contributed by atoms with Crippen molar-refractivity contribution in [2.45, 2.75) is 56.1 Å². The number of aliphatic imine (C=N–C) groups is 1. The summed E-state index contributed by atoms with van der Waals surface area (Å²) in [4.78, 5) is 26.6. The minimum atomic E-state index is -3.12. The standard InChI is InChI=1S/C24H29ClFN7O2S/c1-13-19(31-18-12-14(25)9-11-33(13)18)21(34)30-17-8-7-15(26)20(29-17)24(4)16-6-5-10-28-36(16,35)23(2,3)22(27)32-24/h7-9,11-12,16,36H,5-6,10H2,1-4H3,(H2,27,32)(H,28,35)(H,29,30,34)/t16-,24-/m0/s1. The summed E-state index contributed by atoms with van der Waals surface area (Å²) in [5, 5.41) is 2.72. The normalized spacial score (nSPS) is 25.6. The van der Waals surface area contributed by atoms with Gasteiger partial charge in [-0.1, -0.05) is 11.6 Å². The van der Waals surface area contributed by atoms with Crippen molar-refractivity contribution in [2.75, 3.05) is 11.9 Å². The number of anilines is 1. The van der Waals surface area contributed by atoms with Gasteiger partial charge < -0.3 is 15.5 Å². The number of pyridine rings is 2. The molecular weight excluding hydrogens is 505 g/mol. The molecule has 0 saturated carbocycles. The summed E-state index contributed by atoms with van der Waals surface area (Å²) in [7, 11) is -3.12. The van der Waals surface area contributed by atoms with E-state index in [2.05, 4.69) is 20.0 Å². The Kier molecular flexibility index (Phi) is 5.73. The molecule has 4 N–H and O–H groups in total. The van der Waals surface area contributed by atoms with Crippen molar-refractivity contribution in [1.82, 2.24) is 19.1 Å². The van der Waals surface area contributed by atoms with Crippen LogP contribution in [0.5, 0.6) is 0 Å². The molecule has 5 heterocycles. The lowest BCUT2D eigenvalue weighted by Gasteiger charge is -2.55. The molecule has 12 heteroatoms. The highest BCUT2D eigenvalue weighted by molar-refractivity contribution is 8.04. The Hall–Kier alpha value is -2.89. The number of aromatic nitrogens is 3. The van der Waals surface area contributed by atoms with Gasteiger partial charge in [0.2, 0.25) is 0 Å². The number of imidazole rings is 1. The van der Waals surface area contributed by atoms with Crippen LogP contribution in [0.25, 0.3) is 5.65 Å². The molecule has 3 aromatic heterocycles. The van der Waals surface area contributed by atoms with Crippen LogP contribution in [0.15, 0.2) is 35.5 Å². The highest BCUT2D eigenvalue weighted by Crippen LogP contribution is 2.48. The minimum Gasteiger partial charge on any atom is -0.386 e. The van der Waals surface area contributed by atoms with Crippen LogP contribution in [0.3, 0.4) is 0 Å². The molecule has 9 nitrogen and oxygen atoms in total. The molecule has 0 aliphatic carbocycles. The molecule has 2 atom stereocenters. The Morgan fingerprint density at radius 1 is 1.31 bits per heavy atom. The Morgan fingerprint density at radius 2 is 2.06 bits per heavy atom. The number of nitrogens with one attached hydrogen (secondary N) is 2. The Balaban J connectivity index is 1.54. The maximum atomic E-state index is 15.3. The summed E-state index contributed by atoms with van der Waals surface area (Å²) in [5.74, 6) is -0.791. The second-order valence-corrected chi connectivity index (χ2v) is 13.8. The van der Waals surface area contributed by atoms with E-state index in [1.165, 1.54) is 12.1 Å². The van der Waals surface area contributed by atoms with Crippen molar-refractivity contribution >= 4 is 44.9 Å². The summed E-state index contributed by atoms with van der Waals surface area (Å²) in [6, 6.07) is 5.96. The lowest BCUT2D eigenvalue weighted by atomic mass is 9.89. The topological polar surface area (TPSA) is 127 Å². The van der Waals surface area contributed by atoms with Crippen molar-refractivity contribution in [2.24, 2.45) is 10.7 Å². The quantitative estimate of drug-likeness (QED) is 0.385. The van der Waals surface area contributed by atoms with Gasteiger partial charge in [0.05, 0.1) is 15.7 Å². The van der Waals surface area contributed by atoms with Crippen LogP contribution in [-0.4, -0.2) is 46.9 Å². The van der Waals surface area contributed by atoms with E-state index in [1.54, 1.807) is 36.6 Å². The average molecular weight is 534 g/mol. The smallest absolute Gasteiger partial charge is 0.277 e. The molecule has 36 heavy (non-hydrogen) atoms. The van der Waals surface area contributed by atoms with Crippen molar-refractivity contribution in [1.29, 1.82) is 0 Å². The van der Waals surface area contributed by atoms with Gasteiger partial charge in [-0.25, -0.2) is 14.4 Å². The van der Waals surface area contributed by atoms with E-state index in [0.717, 1.165) is 6.42 Å². The van der Waals surface area contributed by atoms with Gasteiger partial charge in [0, 0.05) is 23.8 Å². The van der Waals surface area contributed by atoms with E-state index in [4.69, 9.17) is 22.3 Å². The molecule has 192 valence electrons. The minimum absolute atomic E-state index is 0.00817. The number of nitrogens with two attached hydrogens (primary N) is 1. The van der Waals surface area contributed by atoms with E-state index >= 15 is 4.39 Å². The highest BCUT2D eigenvalue weighted by Gasteiger charge is 2.57. The monoisotopic (exact) mass is 533 g/mol. The zero-order valence-corrected chi connectivity index (χ0v) is 22.1. The summed E-state index contributed by atoms with van der Waals surface area (Å²) >= 11 is 6.05. The van der Waals surface area contributed by atoms with Gasteiger partial charge in [0.15, 0.2) is 5.69 Å². The fourth-order valence-electron chi connectivity index (χ4n) is 5.30. The Bertz CT molecular complexity index is 1490. The molecule has 1 amide bonds. The number of nitrogens with zero attached hydrogens (tertiary/aromatic N) is 4. The molecule has 0 bridgehead atoms. The molecule has 0 spiro atoms. The molecule has 1 fully saturated rings. The van der Waals surface area contributed by atoms with Crippen LogP contribution in [-0.2, 0) is 15.7 Å². The molecule has 5 rings (SSSR count). The van der Waals surface area contributed by atoms with Crippen LogP contribution in [0.4, 0.5) is 10.2 Å². The second kappa shape index (κ2) is 8.32. The summed E-state index contributed by atoms with van der Waals surface area (Å²) in [6.07, 6.45) is 3.09. The predicted octanol–water partition coefficient (Wildman–Crippen LogP) is 3.13. The largest absolute Gasteiger partial charge is 0.386 e. The van der Waals surface area contributed by atoms with Gasteiger partial charge >= 0.3 is 0 Å². The zero-order chi connectivity index (χ0) is 26.0. The second-order valence-electron chi connectivity index (χ2n) is 10.0. The van der Waals surface area contributed by atoms with Gasteiger partial charge in [-0.15, -0.1) is 0 Å². The maximum Gasteiger partial charge on any atom is 0.277 e. The first kappa shape index (κ1) is 24.8. The van der Waals surface area contributed by atoms with E-state index in [0.29, 0.717) is 29.3 Å². The number of thiol groups is 1. The fraction of sp³-hybridized carbons (Fsp3) is 0.417. The van der Waals surface area contributed by atoms with Gasteiger partial charge in [-0.3, -0.25) is 18.7 Å². The van der Waals surface area contributed by atoms with Crippen LogP contribution in [0, 0.1) is 12.7 Å². The van der Waals surface area contributed by atoms with Crippen molar-refractivity contribution in [3.8, 4) is 0 Å². The van der Waals surface area contributed by atoms with Gasteiger partial charge in [-0.2, -0.15) is 0 Å². The van der Waals surface area contributed by atoms with Crippen molar-refractivity contribution in [3.63, 3.8) is 0 Å². The first-order valence-corrected chi connectivity index (χ1v) is 13.9. The molecular formula is C24H29ClFN7O2S. The molecule has 2 aliphatic rings. The van der Waals surface area contributed by atoms with Crippen LogP contribution in [0.1, 0.15) is 55.5 Å². The lowest BCUT2D eigenvalue weighted by molar-refractivity contribution is 0.102. The first-order valence-electron chi connectivity index (χ1n) is 11.7. The number of hydrogen-bond acceptors (Lipinski definition) is 6. The number of halogens is 2. The third kappa shape index (κ3) is 3.55. The van der Waals surface area contributed by atoms with Gasteiger partial charge in [0.1, 0.15) is 34.4 Å². The Morgan fingerprint density at radius 3 is 2.81 bits per heavy atom. The molecule has 0 unspecified atom stereocenters. The highest BCUT2D eigenvalue weighted by atomic mass is 35.5. The van der Waals surface area contributed by atoms with Crippen molar-refractivity contribution < 1.29 is 13.4 Å². The fourth-order valence-corrected chi connectivity index (χ4v) is 9.16. The summed E-state index contributed by atoms with van der Waals surface area (Å²) < 4.78 is 33.6. The number of hydrogen-bond donors (Lipinski definition) is 4. The van der Waals surface area contributed by atoms with E-state index < -0.39 is 37.4 Å². The van der Waals surface area contributed by atoms with E-state index in [-0.39, 0.29) is 23.0 Å². The molecule has 0 aromatic carbocycles. The Labute approximate surface area is 214 Å². The predicted molar refractivity (Wildman–Crippen MR) is 141 cm³/mol. The summed E-state index contributed by atoms with van der Waals surface area (Å²) in [6.45, 7) is 7.69. The zero-order valence-electron chi connectivity index (χ0n) is 20.5. The number of carbonyl (C=O) groups excluding carboxylic acids is 1. The maximum absolute atomic E-state index is 15.3. The number of rotatable bonds is 3. The molecule has 3 aromatic rings. The van der Waals surface area contributed by atoms with Gasteiger partial charge in [0.25, 0.3) is 5.91 Å². The molecule has 0 radical (unpaired) electrons. The molecule has 1 saturated heterocycles. The van der Waals surface area contributed by atoms with Crippen LogP contribution >= 0.6 is 11.6 Å². The lowest BCUT2D eigenvalue weighted by Crippen LogP contribution is -2.69. The van der Waals surface area contributed by atoms with Crippen LogP contribution in [0.2, 0.25) is 5.02 Å². The van der Waals surface area contributed by atoms with E-state index in [1.807, 2.05) is 13.8 Å². The average Bonchev–Trinajstić information content (AvgIpc) is 3.15. The van der Waals surface area contributed by atoms with Gasteiger partial charge in [-0.05, 0) is 68.9 Å². The number of amides is 1. The third-order valence-electron chi connectivity index (χ3n) is 7.51. The SMILES string of the molecule is Cc1c(C(=O)Nc2ccc(F)c([C@@]3(C)N=C(N)C(C)(C)[SH]4(=O)NCCC[C@@H]34)n2)nc2cc(Cl)ccn12. The molecule has 2 aliphatic heterocycles. The van der Waals surface area contributed by atoms with Crippen molar-refractivity contribution in [3.05, 3.63) is 58.4 Å². The number of fused-ring (bicyclic) bond motifs is 2. The number of carbonyl (C=O) groups is 1. The third-order valence-corrected chi connectivity index (χ3v) is 12.0.